The van der Waals surface area contributed by atoms with Crippen LogP contribution in [-0.4, -0.2) is 43.6 Å². The molecule has 3 N–H and O–H groups in total. The molecule has 1 aliphatic heterocycles. The lowest BCUT2D eigenvalue weighted by molar-refractivity contribution is -0.142. The molecular weight excluding hydrogens is 426 g/mol. The summed E-state index contributed by atoms with van der Waals surface area (Å²) in [6.45, 7) is 2.72. The number of carbonyl (C=O) groups excluding carboxylic acids is 4. The molecular formula is C20H21N3O7S. The van der Waals surface area contributed by atoms with Crippen LogP contribution in [0.5, 0.6) is 0 Å². The number of aryl methyl sites for hydroxylation is 1. The number of carbonyl (C=O) groups is 4. The second-order valence-electron chi connectivity index (χ2n) is 6.41. The van der Waals surface area contributed by atoms with Crippen molar-refractivity contribution in [2.75, 3.05) is 19.8 Å². The number of urea groups is 1. The summed E-state index contributed by atoms with van der Waals surface area (Å²) in [6.07, 6.45) is 0. The third-order valence-electron chi connectivity index (χ3n) is 4.21. The molecule has 0 radical (unpaired) electrons. The maximum absolute atomic E-state index is 12.6. The lowest BCUT2D eigenvalue weighted by atomic mass is 10.0. The van der Waals surface area contributed by atoms with Crippen molar-refractivity contribution in [2.45, 2.75) is 19.9 Å². The number of thiophene rings is 1. The van der Waals surface area contributed by atoms with Gasteiger partial charge in [0.2, 0.25) is 0 Å². The fourth-order valence-corrected chi connectivity index (χ4v) is 3.49. The number of esters is 2. The Morgan fingerprint density at radius 2 is 2.03 bits per heavy atom. The molecule has 1 atom stereocenters. The van der Waals surface area contributed by atoms with Crippen LogP contribution < -0.4 is 16.0 Å². The Morgan fingerprint density at radius 1 is 1.23 bits per heavy atom. The molecule has 2 aromatic rings. The van der Waals surface area contributed by atoms with E-state index in [1.165, 1.54) is 11.3 Å². The van der Waals surface area contributed by atoms with Crippen molar-refractivity contribution in [3.63, 3.8) is 0 Å². The fraction of sp³-hybridized carbons (Fsp3) is 0.300. The Bertz CT molecular complexity index is 1010. The first-order valence-electron chi connectivity index (χ1n) is 9.40. The van der Waals surface area contributed by atoms with Gasteiger partial charge in [-0.25, -0.2) is 9.59 Å². The van der Waals surface area contributed by atoms with Gasteiger partial charge in [-0.3, -0.25) is 9.59 Å². The van der Waals surface area contributed by atoms with E-state index in [1.54, 1.807) is 43.5 Å². The standard InChI is InChI=1S/C20H21N3O7S/c1-3-28-19(26)16-12(22-20(27)23-17(16)13-7-6-11(2)30-13)10-29-15(24)9-21-18(25)14-5-4-8-31-14/h4-8,17H,3,9-10H2,1-2H3,(H,21,25)(H2,22,23,27). The molecule has 3 amide bonds. The molecule has 2 aromatic heterocycles. The quantitative estimate of drug-likeness (QED) is 0.525. The second kappa shape index (κ2) is 9.94. The normalized spacial score (nSPS) is 15.7. The molecule has 1 aliphatic rings. The smallest absolute Gasteiger partial charge is 0.338 e. The topological polar surface area (TPSA) is 136 Å². The summed E-state index contributed by atoms with van der Waals surface area (Å²) in [5, 5.41) is 9.28. The Labute approximate surface area is 181 Å². The number of hydrogen-bond acceptors (Lipinski definition) is 8. The number of hydrogen-bond donors (Lipinski definition) is 3. The highest BCUT2D eigenvalue weighted by atomic mass is 32.1. The Kier molecular flexibility index (Phi) is 7.08. The summed E-state index contributed by atoms with van der Waals surface area (Å²) in [5.41, 5.74) is 0.130. The van der Waals surface area contributed by atoms with Crippen molar-refractivity contribution in [1.29, 1.82) is 0 Å². The van der Waals surface area contributed by atoms with Crippen LogP contribution in [0.3, 0.4) is 0 Å². The van der Waals surface area contributed by atoms with E-state index in [9.17, 15) is 19.2 Å². The molecule has 0 fully saturated rings. The summed E-state index contributed by atoms with van der Waals surface area (Å²) in [6, 6.07) is 5.18. The zero-order chi connectivity index (χ0) is 22.4. The average Bonchev–Trinajstić information content (AvgIpc) is 3.42. The maximum atomic E-state index is 12.6. The lowest BCUT2D eigenvalue weighted by Gasteiger charge is -2.27. The Balaban J connectivity index is 1.73. The molecule has 164 valence electrons. The molecule has 3 rings (SSSR count). The summed E-state index contributed by atoms with van der Waals surface area (Å²) in [7, 11) is 0. The number of furan rings is 1. The van der Waals surface area contributed by atoms with Gasteiger partial charge in [0.25, 0.3) is 5.91 Å². The van der Waals surface area contributed by atoms with Gasteiger partial charge in [0.15, 0.2) is 0 Å². The molecule has 0 bridgehead atoms. The molecule has 10 nitrogen and oxygen atoms in total. The van der Waals surface area contributed by atoms with Crippen LogP contribution in [0.2, 0.25) is 0 Å². The summed E-state index contributed by atoms with van der Waals surface area (Å²) < 4.78 is 15.8. The van der Waals surface area contributed by atoms with Gasteiger partial charge < -0.3 is 29.8 Å². The van der Waals surface area contributed by atoms with E-state index in [1.807, 2.05) is 0 Å². The van der Waals surface area contributed by atoms with E-state index >= 15 is 0 Å². The summed E-state index contributed by atoms with van der Waals surface area (Å²) in [5.74, 6) is -0.894. The van der Waals surface area contributed by atoms with Gasteiger partial charge in [-0.15, -0.1) is 11.3 Å². The lowest BCUT2D eigenvalue weighted by Crippen LogP contribution is -2.47. The summed E-state index contributed by atoms with van der Waals surface area (Å²) in [4.78, 5) is 49.2. The van der Waals surface area contributed by atoms with Gasteiger partial charge in [0.05, 0.1) is 22.8 Å². The van der Waals surface area contributed by atoms with Crippen LogP contribution in [0.1, 0.15) is 34.2 Å². The van der Waals surface area contributed by atoms with Crippen molar-refractivity contribution in [2.24, 2.45) is 0 Å². The predicted octanol–water partition coefficient (Wildman–Crippen LogP) is 1.79. The predicted molar refractivity (Wildman–Crippen MR) is 109 cm³/mol. The SMILES string of the molecule is CCOC(=O)C1=C(COC(=O)CNC(=O)c2cccs2)NC(=O)NC1c1ccc(C)o1. The zero-order valence-corrected chi connectivity index (χ0v) is 17.7. The van der Waals surface area contributed by atoms with Gasteiger partial charge in [0.1, 0.15) is 30.7 Å². The largest absolute Gasteiger partial charge is 0.464 e. The molecule has 1 unspecified atom stereocenters. The van der Waals surface area contributed by atoms with Gasteiger partial charge in [0, 0.05) is 0 Å². The van der Waals surface area contributed by atoms with Gasteiger partial charge in [-0.1, -0.05) is 6.07 Å². The third-order valence-corrected chi connectivity index (χ3v) is 5.08. The van der Waals surface area contributed by atoms with E-state index in [4.69, 9.17) is 13.9 Å². The highest BCUT2D eigenvalue weighted by Gasteiger charge is 2.36. The highest BCUT2D eigenvalue weighted by Crippen LogP contribution is 2.29. The molecule has 0 saturated heterocycles. The van der Waals surface area contributed by atoms with Crippen LogP contribution in [0.15, 0.2) is 45.3 Å². The van der Waals surface area contributed by atoms with E-state index in [0.29, 0.717) is 16.4 Å². The minimum atomic E-state index is -0.909. The first kappa shape index (κ1) is 22.1. The molecule has 0 aliphatic carbocycles. The average molecular weight is 447 g/mol. The fourth-order valence-electron chi connectivity index (χ4n) is 2.85. The van der Waals surface area contributed by atoms with Crippen LogP contribution in [-0.2, 0) is 19.1 Å². The van der Waals surface area contributed by atoms with Crippen molar-refractivity contribution < 1.29 is 33.1 Å². The number of rotatable bonds is 8. The molecule has 0 spiro atoms. The van der Waals surface area contributed by atoms with Crippen LogP contribution in [0.4, 0.5) is 4.79 Å². The van der Waals surface area contributed by atoms with E-state index in [0.717, 1.165) is 0 Å². The van der Waals surface area contributed by atoms with Crippen molar-refractivity contribution >= 4 is 35.2 Å². The van der Waals surface area contributed by atoms with Crippen molar-refractivity contribution in [3.05, 3.63) is 57.3 Å². The minimum Gasteiger partial charge on any atom is -0.464 e. The zero-order valence-electron chi connectivity index (χ0n) is 16.9. The van der Waals surface area contributed by atoms with E-state index in [-0.39, 0.29) is 24.4 Å². The van der Waals surface area contributed by atoms with Crippen LogP contribution >= 0.6 is 11.3 Å². The highest BCUT2D eigenvalue weighted by molar-refractivity contribution is 7.12. The third kappa shape index (κ3) is 5.51. The second-order valence-corrected chi connectivity index (χ2v) is 7.36. The molecule has 31 heavy (non-hydrogen) atoms. The molecule has 0 aromatic carbocycles. The molecule has 3 heterocycles. The minimum absolute atomic E-state index is 0.0613. The van der Waals surface area contributed by atoms with Crippen molar-refractivity contribution in [1.82, 2.24) is 16.0 Å². The van der Waals surface area contributed by atoms with Gasteiger partial charge in [-0.2, -0.15) is 0 Å². The van der Waals surface area contributed by atoms with Crippen LogP contribution in [0, 0.1) is 6.92 Å². The van der Waals surface area contributed by atoms with E-state index < -0.39 is 36.5 Å². The Morgan fingerprint density at radius 3 is 2.68 bits per heavy atom. The first-order valence-corrected chi connectivity index (χ1v) is 10.3. The molecule has 11 heteroatoms. The Hall–Kier alpha value is -3.60. The first-order chi connectivity index (χ1) is 14.9. The number of nitrogens with one attached hydrogen (secondary N) is 3. The maximum Gasteiger partial charge on any atom is 0.338 e. The number of amides is 3. The van der Waals surface area contributed by atoms with Crippen molar-refractivity contribution in [3.8, 4) is 0 Å². The van der Waals surface area contributed by atoms with Gasteiger partial charge >= 0.3 is 18.0 Å². The van der Waals surface area contributed by atoms with Gasteiger partial charge in [-0.05, 0) is 37.4 Å². The number of ether oxygens (including phenoxy) is 2. The monoisotopic (exact) mass is 447 g/mol. The van der Waals surface area contributed by atoms with E-state index in [2.05, 4.69) is 16.0 Å². The summed E-state index contributed by atoms with van der Waals surface area (Å²) >= 11 is 1.24. The van der Waals surface area contributed by atoms with Crippen LogP contribution in [0.25, 0.3) is 0 Å². The molecule has 0 saturated carbocycles.